The predicted octanol–water partition coefficient (Wildman–Crippen LogP) is 4.62. The van der Waals surface area contributed by atoms with Crippen LogP contribution in [0.15, 0.2) is 66.4 Å². The van der Waals surface area contributed by atoms with Crippen molar-refractivity contribution >= 4 is 26.9 Å². The first-order chi connectivity index (χ1) is 14.4. The minimum absolute atomic E-state index is 0.322. The Balaban J connectivity index is 1.95. The maximum Gasteiger partial charge on any atom is 0.229 e. The Morgan fingerprint density at radius 1 is 1.23 bits per heavy atom. The Kier molecular flexibility index (Phi) is 5.39. The number of rotatable bonds is 4. The fourth-order valence-electron chi connectivity index (χ4n) is 3.85. The average Bonchev–Trinajstić information content (AvgIpc) is 2.85. The van der Waals surface area contributed by atoms with Crippen LogP contribution in [0.3, 0.4) is 0 Å². The summed E-state index contributed by atoms with van der Waals surface area (Å²) in [7, 11) is -3.39. The van der Waals surface area contributed by atoms with Gasteiger partial charge in [0.1, 0.15) is 11.6 Å². The standard InChI is InChI=1S/C23H23FN2O3S/c1-3-19(16-7-6-8-18(13-16)25-30(2,27)28)23-20-11-10-17(24)14-22(20)29-15-26-12-5-4-9-21(23)26/h4-11,13-14,25H,3,12,15H2,1-2H3. The lowest BCUT2D eigenvalue weighted by atomic mass is 9.89. The number of nitrogens with one attached hydrogen (secondary N) is 1. The molecule has 156 valence electrons. The smallest absolute Gasteiger partial charge is 0.229 e. The molecule has 7 heteroatoms. The highest BCUT2D eigenvalue weighted by Crippen LogP contribution is 2.43. The SMILES string of the molecule is CCC(=C1C2=CC=CCN2COc2cc(F)ccc21)c1cccc(NS(C)(=O)=O)c1. The van der Waals surface area contributed by atoms with E-state index in [9.17, 15) is 12.8 Å². The summed E-state index contributed by atoms with van der Waals surface area (Å²) in [6.07, 6.45) is 7.92. The van der Waals surface area contributed by atoms with E-state index < -0.39 is 10.0 Å². The van der Waals surface area contributed by atoms with Crippen LogP contribution >= 0.6 is 0 Å². The number of fused-ring (bicyclic) bond motifs is 2. The maximum atomic E-state index is 13.9. The number of allylic oxidation sites excluding steroid dienone is 4. The zero-order valence-corrected chi connectivity index (χ0v) is 17.7. The summed E-state index contributed by atoms with van der Waals surface area (Å²) in [5, 5.41) is 0. The van der Waals surface area contributed by atoms with E-state index in [1.165, 1.54) is 12.1 Å². The van der Waals surface area contributed by atoms with Crippen LogP contribution in [0, 0.1) is 5.82 Å². The number of hydrogen-bond acceptors (Lipinski definition) is 4. The number of halogens is 1. The lowest BCUT2D eigenvalue weighted by Gasteiger charge is -2.28. The van der Waals surface area contributed by atoms with Gasteiger partial charge in [0.15, 0.2) is 6.73 Å². The monoisotopic (exact) mass is 426 g/mol. The van der Waals surface area contributed by atoms with Crippen LogP contribution in [-0.2, 0) is 10.0 Å². The first-order valence-electron chi connectivity index (χ1n) is 9.72. The third-order valence-corrected chi connectivity index (χ3v) is 5.68. The number of sulfonamides is 1. The van der Waals surface area contributed by atoms with Crippen molar-refractivity contribution in [2.45, 2.75) is 13.3 Å². The predicted molar refractivity (Wildman–Crippen MR) is 118 cm³/mol. The summed E-state index contributed by atoms with van der Waals surface area (Å²) < 4.78 is 45.8. The molecule has 4 rings (SSSR count). The van der Waals surface area contributed by atoms with Crippen molar-refractivity contribution < 1.29 is 17.5 Å². The van der Waals surface area contributed by atoms with Gasteiger partial charge < -0.3 is 9.64 Å². The fourth-order valence-corrected chi connectivity index (χ4v) is 4.40. The molecule has 2 aromatic rings. The summed E-state index contributed by atoms with van der Waals surface area (Å²) >= 11 is 0. The first-order valence-corrected chi connectivity index (χ1v) is 11.6. The molecule has 0 fully saturated rings. The number of nitrogens with zero attached hydrogens (tertiary/aromatic N) is 1. The van der Waals surface area contributed by atoms with E-state index in [4.69, 9.17) is 4.74 Å². The van der Waals surface area contributed by atoms with E-state index >= 15 is 0 Å². The second-order valence-corrected chi connectivity index (χ2v) is 9.03. The van der Waals surface area contributed by atoms with Crippen LogP contribution in [0.25, 0.3) is 11.1 Å². The third kappa shape index (κ3) is 4.11. The van der Waals surface area contributed by atoms with Crippen LogP contribution in [0.4, 0.5) is 10.1 Å². The molecule has 0 spiro atoms. The Bertz CT molecular complexity index is 1180. The van der Waals surface area contributed by atoms with Gasteiger partial charge in [0.25, 0.3) is 0 Å². The molecule has 0 aromatic heterocycles. The number of anilines is 1. The van der Waals surface area contributed by atoms with Gasteiger partial charge in [0.05, 0.1) is 6.26 Å². The van der Waals surface area contributed by atoms with E-state index in [0.29, 0.717) is 31.1 Å². The second kappa shape index (κ2) is 7.99. The Hall–Kier alpha value is -3.06. The number of benzene rings is 2. The minimum atomic E-state index is -3.39. The van der Waals surface area contributed by atoms with E-state index in [1.54, 1.807) is 12.1 Å². The Morgan fingerprint density at radius 2 is 2.07 bits per heavy atom. The minimum Gasteiger partial charge on any atom is -0.472 e. The van der Waals surface area contributed by atoms with E-state index in [0.717, 1.165) is 34.2 Å². The highest BCUT2D eigenvalue weighted by molar-refractivity contribution is 7.92. The lowest BCUT2D eigenvalue weighted by molar-refractivity contribution is 0.179. The molecule has 0 bridgehead atoms. The van der Waals surface area contributed by atoms with Gasteiger partial charge in [-0.05, 0) is 47.9 Å². The van der Waals surface area contributed by atoms with E-state index in [1.807, 2.05) is 36.4 Å². The number of ether oxygens (including phenoxy) is 1. The van der Waals surface area contributed by atoms with Crippen molar-refractivity contribution in [2.24, 2.45) is 0 Å². The van der Waals surface area contributed by atoms with Gasteiger partial charge in [-0.1, -0.05) is 31.2 Å². The molecule has 30 heavy (non-hydrogen) atoms. The van der Waals surface area contributed by atoms with Gasteiger partial charge >= 0.3 is 0 Å². The van der Waals surface area contributed by atoms with Gasteiger partial charge in [0.2, 0.25) is 10.0 Å². The van der Waals surface area contributed by atoms with Crippen LogP contribution in [-0.4, -0.2) is 32.8 Å². The molecule has 0 aliphatic carbocycles. The molecular weight excluding hydrogens is 403 g/mol. The molecule has 1 N–H and O–H groups in total. The normalized spacial score (nSPS) is 17.3. The lowest BCUT2D eigenvalue weighted by Crippen LogP contribution is -2.28. The molecule has 0 amide bonds. The molecule has 0 radical (unpaired) electrons. The van der Waals surface area contributed by atoms with Crippen molar-refractivity contribution in [3.8, 4) is 5.75 Å². The summed E-state index contributed by atoms with van der Waals surface area (Å²) in [4.78, 5) is 2.10. The van der Waals surface area contributed by atoms with Gasteiger partial charge in [0, 0.05) is 35.1 Å². The molecule has 0 saturated heterocycles. The van der Waals surface area contributed by atoms with Gasteiger partial charge in [-0.25, -0.2) is 12.8 Å². The zero-order chi connectivity index (χ0) is 21.3. The van der Waals surface area contributed by atoms with Crippen molar-refractivity contribution in [3.05, 3.63) is 83.3 Å². The van der Waals surface area contributed by atoms with Crippen LogP contribution in [0.1, 0.15) is 24.5 Å². The molecule has 2 aliphatic rings. The van der Waals surface area contributed by atoms with Gasteiger partial charge in [-0.15, -0.1) is 0 Å². The van der Waals surface area contributed by atoms with Crippen LogP contribution in [0.5, 0.6) is 5.75 Å². The van der Waals surface area contributed by atoms with Crippen LogP contribution < -0.4 is 9.46 Å². The number of hydrogen-bond donors (Lipinski definition) is 1. The average molecular weight is 427 g/mol. The molecule has 2 aromatic carbocycles. The first kappa shape index (κ1) is 20.2. The highest BCUT2D eigenvalue weighted by atomic mass is 32.2. The molecule has 0 saturated carbocycles. The highest BCUT2D eigenvalue weighted by Gasteiger charge is 2.27. The molecule has 2 aliphatic heterocycles. The quantitative estimate of drug-likeness (QED) is 0.775. The molecule has 0 unspecified atom stereocenters. The van der Waals surface area contributed by atoms with E-state index in [2.05, 4.69) is 16.5 Å². The topological polar surface area (TPSA) is 58.6 Å². The van der Waals surface area contributed by atoms with Crippen molar-refractivity contribution in [1.82, 2.24) is 4.90 Å². The van der Waals surface area contributed by atoms with Crippen molar-refractivity contribution in [2.75, 3.05) is 24.3 Å². The van der Waals surface area contributed by atoms with Crippen molar-refractivity contribution in [3.63, 3.8) is 0 Å². The molecule has 0 atom stereocenters. The Labute approximate surface area is 176 Å². The van der Waals surface area contributed by atoms with Gasteiger partial charge in [-0.2, -0.15) is 0 Å². The summed E-state index contributed by atoms with van der Waals surface area (Å²) in [5.41, 5.74) is 5.21. The summed E-state index contributed by atoms with van der Waals surface area (Å²) in [5.74, 6) is 0.147. The summed E-state index contributed by atoms with van der Waals surface area (Å²) in [6.45, 7) is 3.07. The van der Waals surface area contributed by atoms with Crippen LogP contribution in [0.2, 0.25) is 0 Å². The summed E-state index contributed by atoms with van der Waals surface area (Å²) in [6, 6.07) is 11.9. The molecular formula is C23H23FN2O3S. The largest absolute Gasteiger partial charge is 0.472 e. The Morgan fingerprint density at radius 3 is 2.83 bits per heavy atom. The molecule has 2 heterocycles. The molecule has 5 nitrogen and oxygen atoms in total. The van der Waals surface area contributed by atoms with E-state index in [-0.39, 0.29) is 5.82 Å². The van der Waals surface area contributed by atoms with Gasteiger partial charge in [-0.3, -0.25) is 4.72 Å². The maximum absolute atomic E-state index is 13.9. The third-order valence-electron chi connectivity index (χ3n) is 5.07. The second-order valence-electron chi connectivity index (χ2n) is 7.28. The fraction of sp³-hybridized carbons (Fsp3) is 0.217. The van der Waals surface area contributed by atoms with Crippen molar-refractivity contribution in [1.29, 1.82) is 0 Å². The zero-order valence-electron chi connectivity index (χ0n) is 16.9.